The van der Waals surface area contributed by atoms with Crippen LogP contribution in [0.3, 0.4) is 0 Å². The standard InChI is InChI=1S/C18H15N3O3/c1-12(22)20-15-9-7-14(8-10-15)19-11-16-17(21-24-18(16)23)13-5-3-2-4-6-13/h2-11,21H,1H3,(H,20,22). The van der Waals surface area contributed by atoms with Crippen molar-refractivity contribution in [3.63, 3.8) is 0 Å². The van der Waals surface area contributed by atoms with E-state index >= 15 is 0 Å². The minimum Gasteiger partial charge on any atom is -0.338 e. The summed E-state index contributed by atoms with van der Waals surface area (Å²) in [5.41, 5.74) is 2.64. The van der Waals surface area contributed by atoms with Crippen LogP contribution in [-0.2, 0) is 4.79 Å². The molecule has 2 aromatic carbocycles. The SMILES string of the molecule is CC(=O)Nc1ccc(N=Cc2c(-c3ccccc3)[nH]oc2=O)cc1. The Morgan fingerprint density at radius 3 is 2.50 bits per heavy atom. The summed E-state index contributed by atoms with van der Waals surface area (Å²) < 4.78 is 4.88. The number of aromatic nitrogens is 1. The highest BCUT2D eigenvalue weighted by Gasteiger charge is 2.11. The van der Waals surface area contributed by atoms with Gasteiger partial charge in [0.1, 0.15) is 5.56 Å². The summed E-state index contributed by atoms with van der Waals surface area (Å²) in [6.45, 7) is 1.45. The first-order chi connectivity index (χ1) is 11.6. The molecule has 0 aliphatic carbocycles. The molecule has 0 unspecified atom stereocenters. The van der Waals surface area contributed by atoms with Crippen LogP contribution in [0.15, 0.2) is 68.9 Å². The first-order valence-electron chi connectivity index (χ1n) is 7.32. The van der Waals surface area contributed by atoms with Crippen LogP contribution >= 0.6 is 0 Å². The van der Waals surface area contributed by atoms with Gasteiger partial charge in [0.05, 0.1) is 11.4 Å². The van der Waals surface area contributed by atoms with Gasteiger partial charge < -0.3 is 9.84 Å². The number of carbonyl (C=O) groups is 1. The van der Waals surface area contributed by atoms with E-state index in [1.54, 1.807) is 24.3 Å². The molecule has 3 rings (SSSR count). The second kappa shape index (κ2) is 6.78. The molecule has 6 nitrogen and oxygen atoms in total. The number of anilines is 1. The Kier molecular flexibility index (Phi) is 4.38. The number of benzene rings is 2. The Labute approximate surface area is 137 Å². The molecule has 0 bridgehead atoms. The molecule has 0 fully saturated rings. The number of hydrogen-bond donors (Lipinski definition) is 2. The fraction of sp³-hybridized carbons (Fsp3) is 0.0556. The zero-order chi connectivity index (χ0) is 16.9. The first-order valence-corrected chi connectivity index (χ1v) is 7.32. The molecular formula is C18H15N3O3. The Morgan fingerprint density at radius 1 is 1.12 bits per heavy atom. The van der Waals surface area contributed by atoms with Gasteiger partial charge in [-0.25, -0.2) is 9.95 Å². The van der Waals surface area contributed by atoms with E-state index in [2.05, 4.69) is 15.5 Å². The number of aliphatic imine (C=N–C) groups is 1. The molecule has 1 aromatic heterocycles. The first kappa shape index (κ1) is 15.5. The number of carbonyl (C=O) groups excluding carboxylic acids is 1. The molecule has 0 saturated carbocycles. The maximum absolute atomic E-state index is 11.9. The Hall–Kier alpha value is -3.41. The molecule has 24 heavy (non-hydrogen) atoms. The average Bonchev–Trinajstić information content (AvgIpc) is 2.95. The number of H-pyrrole nitrogens is 1. The van der Waals surface area contributed by atoms with Crippen molar-refractivity contribution < 1.29 is 9.32 Å². The van der Waals surface area contributed by atoms with Gasteiger partial charge in [0.25, 0.3) is 0 Å². The number of hydrogen-bond acceptors (Lipinski definition) is 4. The third-order valence-corrected chi connectivity index (χ3v) is 3.33. The molecule has 3 aromatic rings. The molecule has 0 aliphatic rings. The van der Waals surface area contributed by atoms with Crippen molar-refractivity contribution in [3.8, 4) is 11.3 Å². The maximum Gasteiger partial charge on any atom is 0.366 e. The summed E-state index contributed by atoms with van der Waals surface area (Å²) in [6.07, 6.45) is 1.47. The number of aromatic amines is 1. The third kappa shape index (κ3) is 3.49. The Balaban J connectivity index is 1.86. The molecule has 120 valence electrons. The van der Waals surface area contributed by atoms with Crippen LogP contribution in [0.4, 0.5) is 11.4 Å². The molecule has 0 atom stereocenters. The highest BCUT2D eigenvalue weighted by Crippen LogP contribution is 2.20. The molecule has 2 N–H and O–H groups in total. The lowest BCUT2D eigenvalue weighted by Crippen LogP contribution is -2.05. The van der Waals surface area contributed by atoms with Gasteiger partial charge in [0, 0.05) is 24.4 Å². The van der Waals surface area contributed by atoms with E-state index in [1.807, 2.05) is 30.3 Å². The van der Waals surface area contributed by atoms with E-state index < -0.39 is 5.63 Å². The van der Waals surface area contributed by atoms with Gasteiger partial charge >= 0.3 is 5.63 Å². The summed E-state index contributed by atoms with van der Waals surface area (Å²) in [5, 5.41) is 5.31. The minimum atomic E-state index is -0.479. The topological polar surface area (TPSA) is 87.5 Å². The van der Waals surface area contributed by atoms with Gasteiger partial charge in [0.15, 0.2) is 0 Å². The summed E-state index contributed by atoms with van der Waals surface area (Å²) in [7, 11) is 0. The normalized spacial score (nSPS) is 10.9. The maximum atomic E-state index is 11.9. The van der Waals surface area contributed by atoms with E-state index in [-0.39, 0.29) is 5.91 Å². The predicted molar refractivity (Wildman–Crippen MR) is 92.8 cm³/mol. The second-order valence-electron chi connectivity index (χ2n) is 5.13. The van der Waals surface area contributed by atoms with E-state index in [0.717, 1.165) is 5.56 Å². The third-order valence-electron chi connectivity index (χ3n) is 3.33. The van der Waals surface area contributed by atoms with E-state index in [0.29, 0.717) is 22.6 Å². The van der Waals surface area contributed by atoms with Crippen molar-refractivity contribution in [2.45, 2.75) is 6.92 Å². The summed E-state index contributed by atoms with van der Waals surface area (Å²) in [4.78, 5) is 27.2. The molecule has 6 heteroatoms. The monoisotopic (exact) mass is 321 g/mol. The van der Waals surface area contributed by atoms with E-state index in [4.69, 9.17) is 4.52 Å². The van der Waals surface area contributed by atoms with Gasteiger partial charge in [-0.3, -0.25) is 9.79 Å². The number of nitrogens with zero attached hydrogens (tertiary/aromatic N) is 1. The van der Waals surface area contributed by atoms with Crippen LogP contribution in [-0.4, -0.2) is 17.3 Å². The average molecular weight is 321 g/mol. The Morgan fingerprint density at radius 2 is 1.83 bits per heavy atom. The molecular weight excluding hydrogens is 306 g/mol. The van der Waals surface area contributed by atoms with Crippen molar-refractivity contribution in [1.29, 1.82) is 0 Å². The fourth-order valence-corrected chi connectivity index (χ4v) is 2.22. The van der Waals surface area contributed by atoms with Gasteiger partial charge in [-0.1, -0.05) is 30.3 Å². The van der Waals surface area contributed by atoms with Crippen molar-refractivity contribution in [3.05, 3.63) is 70.6 Å². The second-order valence-corrected chi connectivity index (χ2v) is 5.13. The molecule has 0 radical (unpaired) electrons. The van der Waals surface area contributed by atoms with Crippen molar-refractivity contribution in [1.82, 2.24) is 5.16 Å². The van der Waals surface area contributed by atoms with Crippen LogP contribution in [0.5, 0.6) is 0 Å². The lowest BCUT2D eigenvalue weighted by atomic mass is 10.1. The zero-order valence-corrected chi connectivity index (χ0v) is 12.9. The smallest absolute Gasteiger partial charge is 0.338 e. The van der Waals surface area contributed by atoms with Crippen molar-refractivity contribution in [2.75, 3.05) is 5.32 Å². The number of nitrogens with one attached hydrogen (secondary N) is 2. The van der Waals surface area contributed by atoms with Crippen LogP contribution in [0.1, 0.15) is 12.5 Å². The fourth-order valence-electron chi connectivity index (χ4n) is 2.22. The zero-order valence-electron chi connectivity index (χ0n) is 12.9. The van der Waals surface area contributed by atoms with Gasteiger partial charge in [-0.2, -0.15) is 0 Å². The lowest BCUT2D eigenvalue weighted by Gasteiger charge is -2.01. The minimum absolute atomic E-state index is 0.135. The highest BCUT2D eigenvalue weighted by molar-refractivity contribution is 5.90. The molecule has 1 heterocycles. The van der Waals surface area contributed by atoms with Gasteiger partial charge in [0.2, 0.25) is 5.91 Å². The highest BCUT2D eigenvalue weighted by atomic mass is 16.5. The number of rotatable bonds is 4. The molecule has 0 saturated heterocycles. The summed E-state index contributed by atoms with van der Waals surface area (Å²) in [6, 6.07) is 16.4. The van der Waals surface area contributed by atoms with Crippen molar-refractivity contribution >= 4 is 23.5 Å². The largest absolute Gasteiger partial charge is 0.366 e. The van der Waals surface area contributed by atoms with Crippen LogP contribution in [0.2, 0.25) is 0 Å². The van der Waals surface area contributed by atoms with Crippen LogP contribution in [0, 0.1) is 0 Å². The lowest BCUT2D eigenvalue weighted by molar-refractivity contribution is -0.114. The van der Waals surface area contributed by atoms with E-state index in [9.17, 15) is 9.59 Å². The summed E-state index contributed by atoms with van der Waals surface area (Å²) >= 11 is 0. The van der Waals surface area contributed by atoms with Crippen LogP contribution in [0.25, 0.3) is 11.3 Å². The van der Waals surface area contributed by atoms with Gasteiger partial charge in [-0.05, 0) is 24.3 Å². The van der Waals surface area contributed by atoms with Crippen LogP contribution < -0.4 is 10.9 Å². The van der Waals surface area contributed by atoms with Crippen molar-refractivity contribution in [2.24, 2.45) is 4.99 Å². The Bertz CT molecular complexity index is 922. The number of amides is 1. The summed E-state index contributed by atoms with van der Waals surface area (Å²) in [5.74, 6) is -0.135. The van der Waals surface area contributed by atoms with Gasteiger partial charge in [-0.15, -0.1) is 0 Å². The predicted octanol–water partition coefficient (Wildman–Crippen LogP) is 3.34. The molecule has 0 aliphatic heterocycles. The molecule has 1 amide bonds. The van der Waals surface area contributed by atoms with E-state index in [1.165, 1.54) is 13.1 Å². The molecule has 0 spiro atoms. The quantitative estimate of drug-likeness (QED) is 0.722.